The first-order valence-electron chi connectivity index (χ1n) is 8.80. The number of alkyl halides is 3. The quantitative estimate of drug-likeness (QED) is 0.234. The molecule has 0 aliphatic heterocycles. The number of benzene rings is 1. The second-order valence-corrected chi connectivity index (χ2v) is 6.21. The Balaban J connectivity index is 1.82. The number of esters is 2. The molecule has 0 unspecified atom stereocenters. The number of rotatable bonds is 8. The van der Waals surface area contributed by atoms with Gasteiger partial charge in [-0.3, -0.25) is 24.1 Å². The summed E-state index contributed by atoms with van der Waals surface area (Å²) in [6.45, 7) is -0.318. The Labute approximate surface area is 172 Å². The first-order chi connectivity index (χ1) is 14.5. The first-order valence-corrected chi connectivity index (χ1v) is 8.80. The van der Waals surface area contributed by atoms with Crippen LogP contribution in [0, 0.1) is 5.41 Å². The molecule has 1 amide bonds. The molecule has 1 aromatic heterocycles. The largest absolute Gasteiger partial charge is 0.491 e. The van der Waals surface area contributed by atoms with E-state index in [1.807, 2.05) is 0 Å². The number of hydrogen-bond acceptors (Lipinski definition) is 6. The van der Waals surface area contributed by atoms with Crippen LogP contribution in [0.15, 0.2) is 41.5 Å². The fourth-order valence-corrected chi connectivity index (χ4v) is 2.41. The van der Waals surface area contributed by atoms with E-state index < -0.39 is 36.1 Å². The molecule has 0 saturated heterocycles. The number of halogens is 3. The summed E-state index contributed by atoms with van der Waals surface area (Å²) in [4.78, 5) is 45.9. The van der Waals surface area contributed by atoms with Crippen LogP contribution in [0.4, 0.5) is 13.2 Å². The third-order valence-electron chi connectivity index (χ3n) is 3.97. The zero-order valence-corrected chi connectivity index (χ0v) is 15.9. The number of nitrogens with one attached hydrogen (secondary N) is 2. The summed E-state index contributed by atoms with van der Waals surface area (Å²) in [5.74, 6) is -4.71. The van der Waals surface area contributed by atoms with Crippen LogP contribution in [0.25, 0.3) is 5.69 Å². The van der Waals surface area contributed by atoms with Gasteiger partial charge in [0.15, 0.2) is 0 Å². The lowest BCUT2D eigenvalue weighted by Gasteiger charge is -2.07. The van der Waals surface area contributed by atoms with Crippen molar-refractivity contribution in [2.75, 3.05) is 6.54 Å². The second kappa shape index (κ2) is 9.73. The van der Waals surface area contributed by atoms with Gasteiger partial charge in [-0.2, -0.15) is 13.2 Å². The minimum Gasteiger partial charge on any atom is -0.386 e. The molecule has 0 spiro atoms. The zero-order valence-electron chi connectivity index (χ0n) is 15.9. The van der Waals surface area contributed by atoms with E-state index in [0.717, 1.165) is 0 Å². The average Bonchev–Trinajstić information content (AvgIpc) is 3.06. The number of amides is 1. The van der Waals surface area contributed by atoms with Crippen molar-refractivity contribution in [1.29, 1.82) is 5.41 Å². The molecule has 0 aliphatic carbocycles. The number of imidazole rings is 1. The lowest BCUT2D eigenvalue weighted by atomic mass is 10.2. The highest BCUT2D eigenvalue weighted by Gasteiger charge is 2.42. The van der Waals surface area contributed by atoms with Crippen LogP contribution in [0.2, 0.25) is 0 Å². The van der Waals surface area contributed by atoms with Gasteiger partial charge in [-0.15, -0.1) is 0 Å². The molecule has 2 aromatic rings. The smallest absolute Gasteiger partial charge is 0.386 e. The highest BCUT2D eigenvalue weighted by atomic mass is 19.4. The summed E-state index contributed by atoms with van der Waals surface area (Å²) in [5.41, 5.74) is 5.99. The maximum Gasteiger partial charge on any atom is 0.491 e. The van der Waals surface area contributed by atoms with Crippen molar-refractivity contribution >= 4 is 23.7 Å². The van der Waals surface area contributed by atoms with E-state index >= 15 is 0 Å². The molecular weight excluding hydrogens is 423 g/mol. The summed E-state index contributed by atoms with van der Waals surface area (Å²) in [7, 11) is 0. The molecule has 13 heteroatoms. The van der Waals surface area contributed by atoms with Crippen molar-refractivity contribution in [2.45, 2.75) is 25.6 Å². The summed E-state index contributed by atoms with van der Waals surface area (Å²) >= 11 is 0. The van der Waals surface area contributed by atoms with Gasteiger partial charge in [-0.05, 0) is 24.3 Å². The Morgan fingerprint density at radius 2 is 1.74 bits per heavy atom. The highest BCUT2D eigenvalue weighted by Crippen LogP contribution is 2.16. The van der Waals surface area contributed by atoms with E-state index in [4.69, 9.17) is 11.1 Å². The molecule has 10 nitrogen and oxygen atoms in total. The molecule has 1 heterocycles. The maximum atomic E-state index is 12.4. The van der Waals surface area contributed by atoms with Crippen LogP contribution in [0.5, 0.6) is 0 Å². The van der Waals surface area contributed by atoms with E-state index in [1.54, 1.807) is 24.3 Å². The SMILES string of the molecule is N=C(N)c1ccc(-n2ccn(CCC(=O)NCCC(=O)OC(=O)C(F)(F)F)c2=O)cc1. The number of carbonyl (C=O) groups is 3. The number of carbonyl (C=O) groups excluding carboxylic acids is 3. The van der Waals surface area contributed by atoms with Crippen molar-refractivity contribution in [3.05, 3.63) is 52.7 Å². The fraction of sp³-hybridized carbons (Fsp3) is 0.278. The monoisotopic (exact) mass is 441 g/mol. The summed E-state index contributed by atoms with van der Waals surface area (Å²) in [6.07, 6.45) is -3.08. The molecule has 4 N–H and O–H groups in total. The van der Waals surface area contributed by atoms with Crippen molar-refractivity contribution in [1.82, 2.24) is 14.5 Å². The third kappa shape index (κ3) is 6.55. The molecule has 0 fully saturated rings. The minimum atomic E-state index is -5.28. The lowest BCUT2D eigenvalue weighted by molar-refractivity contribution is -0.201. The van der Waals surface area contributed by atoms with Gasteiger partial charge < -0.3 is 15.8 Å². The molecule has 2 rings (SSSR count). The predicted octanol–water partition coefficient (Wildman–Crippen LogP) is 0.452. The van der Waals surface area contributed by atoms with Gasteiger partial charge in [0.05, 0.1) is 12.1 Å². The highest BCUT2D eigenvalue weighted by molar-refractivity contribution is 5.95. The molecule has 1 aromatic carbocycles. The van der Waals surface area contributed by atoms with Gasteiger partial charge in [0.25, 0.3) is 0 Å². The van der Waals surface area contributed by atoms with Gasteiger partial charge in [-0.1, -0.05) is 0 Å². The molecule has 31 heavy (non-hydrogen) atoms. The van der Waals surface area contributed by atoms with Crippen molar-refractivity contribution < 1.29 is 32.3 Å². The van der Waals surface area contributed by atoms with E-state index in [9.17, 15) is 32.3 Å². The van der Waals surface area contributed by atoms with Crippen molar-refractivity contribution in [3.8, 4) is 5.69 Å². The van der Waals surface area contributed by atoms with Gasteiger partial charge in [0, 0.05) is 37.5 Å². The molecular formula is C18H18F3N5O5. The number of aryl methyl sites for hydroxylation is 1. The summed E-state index contributed by atoms with van der Waals surface area (Å²) < 4.78 is 42.1. The topological polar surface area (TPSA) is 149 Å². The number of amidine groups is 1. The molecule has 0 radical (unpaired) electrons. The Kier molecular flexibility index (Phi) is 7.34. The fourth-order valence-electron chi connectivity index (χ4n) is 2.41. The maximum absolute atomic E-state index is 12.4. The molecule has 0 aliphatic rings. The number of nitrogen functional groups attached to an aromatic ring is 1. The van der Waals surface area contributed by atoms with Crippen molar-refractivity contribution in [3.63, 3.8) is 0 Å². The number of nitrogens with two attached hydrogens (primary N) is 1. The minimum absolute atomic E-state index is 0.0141. The summed E-state index contributed by atoms with van der Waals surface area (Å²) in [5, 5.41) is 9.64. The Morgan fingerprint density at radius 3 is 2.32 bits per heavy atom. The molecule has 166 valence electrons. The predicted molar refractivity (Wildman–Crippen MR) is 100 cm³/mol. The van der Waals surface area contributed by atoms with Crippen molar-refractivity contribution in [2.24, 2.45) is 5.73 Å². The molecule has 0 atom stereocenters. The second-order valence-electron chi connectivity index (χ2n) is 6.21. The Hall–Kier alpha value is -3.90. The Bertz CT molecular complexity index is 1040. The van der Waals surface area contributed by atoms with Gasteiger partial charge in [-0.25, -0.2) is 9.59 Å². The average molecular weight is 441 g/mol. The van der Waals surface area contributed by atoms with E-state index in [1.165, 1.54) is 21.5 Å². The zero-order chi connectivity index (χ0) is 23.2. The molecule has 0 saturated carbocycles. The first kappa shape index (κ1) is 23.4. The van der Waals surface area contributed by atoms with Gasteiger partial charge in [0.1, 0.15) is 5.84 Å². The third-order valence-corrected chi connectivity index (χ3v) is 3.97. The van der Waals surface area contributed by atoms with Crippen LogP contribution in [0.1, 0.15) is 18.4 Å². The standard InChI is InChI=1S/C18H18F3N5O5/c19-18(20,21)16(29)31-14(28)5-7-24-13(27)6-8-25-9-10-26(17(25)30)12-3-1-11(2-4-12)15(22)23/h1-4,9-10H,5-8H2,(H3,22,23)(H,24,27). The number of ether oxygens (including phenoxy) is 1. The summed E-state index contributed by atoms with van der Waals surface area (Å²) in [6, 6.07) is 6.39. The van der Waals surface area contributed by atoms with Crippen LogP contribution in [-0.2, 0) is 25.7 Å². The van der Waals surface area contributed by atoms with Crippen LogP contribution in [-0.4, -0.2) is 45.5 Å². The number of nitrogens with zero attached hydrogens (tertiary/aromatic N) is 2. The normalized spacial score (nSPS) is 11.1. The van der Waals surface area contributed by atoms with E-state index in [-0.39, 0.29) is 25.3 Å². The Morgan fingerprint density at radius 1 is 1.10 bits per heavy atom. The van der Waals surface area contributed by atoms with Crippen LogP contribution < -0.4 is 16.7 Å². The van der Waals surface area contributed by atoms with Gasteiger partial charge >= 0.3 is 23.8 Å². The molecule has 0 bridgehead atoms. The van der Waals surface area contributed by atoms with Gasteiger partial charge in [0.2, 0.25) is 5.91 Å². The van der Waals surface area contributed by atoms with E-state index in [0.29, 0.717) is 11.3 Å². The number of aromatic nitrogens is 2. The lowest BCUT2D eigenvalue weighted by Crippen LogP contribution is -2.31. The number of hydrogen-bond donors (Lipinski definition) is 3. The van der Waals surface area contributed by atoms with E-state index in [2.05, 4.69) is 10.1 Å². The van der Waals surface area contributed by atoms with Crippen LogP contribution >= 0.6 is 0 Å². The van der Waals surface area contributed by atoms with Crippen LogP contribution in [0.3, 0.4) is 0 Å².